The monoisotopic (exact) mass is 672 g/mol. The van der Waals surface area contributed by atoms with Gasteiger partial charge in [-0.25, -0.2) is 9.36 Å². The van der Waals surface area contributed by atoms with Crippen LogP contribution >= 0.6 is 68.0 Å². The number of benzene rings is 2. The van der Waals surface area contributed by atoms with Gasteiger partial charge in [0.25, 0.3) is 0 Å². The molecule has 0 N–H and O–H groups in total. The molecule has 0 atom stereocenters. The first-order chi connectivity index (χ1) is 18.6. The van der Waals surface area contributed by atoms with Crippen LogP contribution in [0.1, 0.15) is 22.5 Å². The van der Waals surface area contributed by atoms with E-state index in [-0.39, 0.29) is 52.6 Å². The van der Waals surface area contributed by atoms with Crippen LogP contribution in [0.2, 0.25) is 20.1 Å². The van der Waals surface area contributed by atoms with Crippen LogP contribution < -0.4 is 0 Å². The van der Waals surface area contributed by atoms with Crippen LogP contribution in [0.25, 0.3) is 11.4 Å². The number of rotatable bonds is 5. The van der Waals surface area contributed by atoms with E-state index >= 15 is 0 Å². The van der Waals surface area contributed by atoms with Gasteiger partial charge in [0, 0.05) is 12.4 Å². The first-order valence-electron chi connectivity index (χ1n) is 10.1. The predicted octanol–water partition coefficient (Wildman–Crippen LogP) is 9.25. The van der Waals surface area contributed by atoms with Gasteiger partial charge in [-0.05, 0) is 45.9 Å². The van der Waals surface area contributed by atoms with Crippen molar-refractivity contribution >= 4 is 68.0 Å². The van der Waals surface area contributed by atoms with Crippen molar-refractivity contribution in [3.05, 3.63) is 79.3 Å². The molecule has 0 radical (unpaired) electrons. The van der Waals surface area contributed by atoms with Crippen molar-refractivity contribution in [2.24, 2.45) is 0 Å². The third-order valence-corrected chi connectivity index (χ3v) is 8.46. The van der Waals surface area contributed by atoms with Gasteiger partial charge in [-0.1, -0.05) is 46.4 Å². The molecule has 2 aromatic heterocycles. The van der Waals surface area contributed by atoms with Gasteiger partial charge in [0.15, 0.2) is 11.4 Å². The Labute approximate surface area is 248 Å². The molecule has 6 nitrogen and oxygen atoms in total. The lowest BCUT2D eigenvalue weighted by Gasteiger charge is -2.12. The summed E-state index contributed by atoms with van der Waals surface area (Å²) in [5.41, 5.74) is -2.60. The summed E-state index contributed by atoms with van der Waals surface area (Å²) in [5, 5.41) is 25.6. The van der Waals surface area contributed by atoms with Gasteiger partial charge >= 0.3 is 12.4 Å². The SMILES string of the molecule is N#Cc1nn(-c2c(Cl)cc(C(F)(F)F)cc2Cl)cc1SSc1cn(-c2c(Cl)cc(C(F)(F)F)cc2Cl)nc1C#N. The third kappa shape index (κ3) is 6.12. The number of hydrogen-bond donors (Lipinski definition) is 0. The van der Waals surface area contributed by atoms with Gasteiger partial charge in [-0.3, -0.25) is 0 Å². The van der Waals surface area contributed by atoms with Crippen LogP contribution in [0.5, 0.6) is 0 Å². The highest BCUT2D eigenvalue weighted by molar-refractivity contribution is 8.76. The van der Waals surface area contributed by atoms with E-state index in [1.165, 1.54) is 12.4 Å². The fourth-order valence-electron chi connectivity index (χ4n) is 3.21. The molecule has 206 valence electrons. The molecule has 4 rings (SSSR count). The molecule has 40 heavy (non-hydrogen) atoms. The molecule has 0 bridgehead atoms. The molecule has 2 aromatic carbocycles. The molecule has 0 fully saturated rings. The topological polar surface area (TPSA) is 83.2 Å². The minimum atomic E-state index is -4.69. The second kappa shape index (κ2) is 11.3. The maximum atomic E-state index is 13.1. The second-order valence-corrected chi connectivity index (χ2v) is 11.4. The van der Waals surface area contributed by atoms with Crippen LogP contribution in [-0.2, 0) is 12.4 Å². The molecule has 0 spiro atoms. The molecular weight excluding hydrogens is 668 g/mol. The predicted molar refractivity (Wildman–Crippen MR) is 138 cm³/mol. The highest BCUT2D eigenvalue weighted by Crippen LogP contribution is 2.43. The van der Waals surface area contributed by atoms with E-state index in [9.17, 15) is 36.9 Å². The number of halogens is 10. The van der Waals surface area contributed by atoms with Gasteiger partial charge in [-0.15, -0.1) is 0 Å². The van der Waals surface area contributed by atoms with E-state index in [1.54, 1.807) is 0 Å². The smallest absolute Gasteiger partial charge is 0.235 e. The highest BCUT2D eigenvalue weighted by atomic mass is 35.5. The summed E-state index contributed by atoms with van der Waals surface area (Å²) in [5.74, 6) is 0. The Hall–Kier alpha value is -2.72. The van der Waals surface area contributed by atoms with Crippen molar-refractivity contribution < 1.29 is 26.3 Å². The fraction of sp³-hybridized carbons (Fsp3) is 0.0909. The molecule has 2 heterocycles. The molecule has 0 saturated carbocycles. The van der Waals surface area contributed by atoms with E-state index in [0.717, 1.165) is 31.0 Å². The fourth-order valence-corrected chi connectivity index (χ4v) is 6.60. The number of nitriles is 2. The van der Waals surface area contributed by atoms with Crippen LogP contribution in [0.4, 0.5) is 26.3 Å². The Morgan fingerprint density at radius 2 is 0.925 bits per heavy atom. The summed E-state index contributed by atoms with van der Waals surface area (Å²) in [4.78, 5) is 0.448. The molecule has 0 amide bonds. The van der Waals surface area contributed by atoms with E-state index in [0.29, 0.717) is 24.3 Å². The van der Waals surface area contributed by atoms with Gasteiger partial charge in [0.05, 0.1) is 41.0 Å². The first kappa shape index (κ1) is 30.2. The minimum absolute atomic E-state index is 0.0956. The van der Waals surface area contributed by atoms with Gasteiger partial charge < -0.3 is 0 Å². The van der Waals surface area contributed by atoms with Gasteiger partial charge in [-0.2, -0.15) is 47.1 Å². The van der Waals surface area contributed by atoms with Crippen molar-refractivity contribution in [3.8, 4) is 23.5 Å². The average Bonchev–Trinajstić information content (AvgIpc) is 3.44. The van der Waals surface area contributed by atoms with E-state index in [4.69, 9.17) is 46.4 Å². The summed E-state index contributed by atoms with van der Waals surface area (Å²) in [6, 6.07) is 6.37. The lowest BCUT2D eigenvalue weighted by atomic mass is 10.2. The molecule has 0 unspecified atom stereocenters. The Morgan fingerprint density at radius 3 is 1.18 bits per heavy atom. The molecule has 0 aliphatic heterocycles. The number of nitrogens with zero attached hydrogens (tertiary/aromatic N) is 6. The quantitative estimate of drug-likeness (QED) is 0.155. The maximum absolute atomic E-state index is 13.1. The Morgan fingerprint density at radius 1 is 0.625 bits per heavy atom. The minimum Gasteiger partial charge on any atom is -0.235 e. The van der Waals surface area contributed by atoms with E-state index in [2.05, 4.69) is 10.2 Å². The average molecular weight is 674 g/mol. The second-order valence-electron chi connectivity index (χ2n) is 7.54. The lowest BCUT2D eigenvalue weighted by molar-refractivity contribution is -0.138. The molecular formula is C22H6Cl4F6N6S2. The van der Waals surface area contributed by atoms with Crippen molar-refractivity contribution in [2.45, 2.75) is 22.1 Å². The zero-order chi connectivity index (χ0) is 29.6. The number of hydrogen-bond acceptors (Lipinski definition) is 6. The van der Waals surface area contributed by atoms with Gasteiger partial charge in [0.2, 0.25) is 0 Å². The van der Waals surface area contributed by atoms with Gasteiger partial charge in [0.1, 0.15) is 23.5 Å². The normalized spacial score (nSPS) is 11.9. The Balaban J connectivity index is 1.65. The lowest BCUT2D eigenvalue weighted by Crippen LogP contribution is -2.07. The molecule has 0 aliphatic carbocycles. The van der Waals surface area contributed by atoms with Crippen LogP contribution in [0, 0.1) is 22.7 Å². The Bertz CT molecular complexity index is 1550. The zero-order valence-electron chi connectivity index (χ0n) is 18.7. The van der Waals surface area contributed by atoms with Crippen LogP contribution in [0.15, 0.2) is 46.5 Å². The van der Waals surface area contributed by atoms with Crippen molar-refractivity contribution in [3.63, 3.8) is 0 Å². The molecule has 0 saturated heterocycles. The molecule has 4 aromatic rings. The third-order valence-electron chi connectivity index (χ3n) is 4.94. The number of aromatic nitrogens is 4. The molecule has 18 heteroatoms. The summed E-state index contributed by atoms with van der Waals surface area (Å²) in [6.45, 7) is 0. The van der Waals surface area contributed by atoms with Crippen molar-refractivity contribution in [1.82, 2.24) is 19.6 Å². The maximum Gasteiger partial charge on any atom is 0.416 e. The first-order valence-corrected chi connectivity index (χ1v) is 13.8. The highest BCUT2D eigenvalue weighted by Gasteiger charge is 2.33. The largest absolute Gasteiger partial charge is 0.416 e. The summed E-state index contributed by atoms with van der Waals surface area (Å²) < 4.78 is 80.5. The zero-order valence-corrected chi connectivity index (χ0v) is 23.4. The van der Waals surface area contributed by atoms with Crippen molar-refractivity contribution in [2.75, 3.05) is 0 Å². The van der Waals surface area contributed by atoms with Crippen LogP contribution in [-0.4, -0.2) is 19.6 Å². The standard InChI is InChI=1S/C22H6Cl4F6N6S2/c23-11-1-9(21(27,28)29)2-12(24)19(11)37-7-17(15(5-33)35-37)39-40-18-8-38(36-16(18)6-34)20-13(25)3-10(4-14(20)26)22(30,31)32/h1-4,7-8H. The van der Waals surface area contributed by atoms with Crippen LogP contribution in [0.3, 0.4) is 0 Å². The van der Waals surface area contributed by atoms with Crippen molar-refractivity contribution in [1.29, 1.82) is 10.5 Å². The summed E-state index contributed by atoms with van der Waals surface area (Å²) >= 11 is 24.2. The summed E-state index contributed by atoms with van der Waals surface area (Å²) in [7, 11) is 1.87. The Kier molecular flexibility index (Phi) is 8.53. The summed E-state index contributed by atoms with van der Waals surface area (Å²) in [6.07, 6.45) is -6.78. The van der Waals surface area contributed by atoms with E-state index in [1.807, 2.05) is 12.1 Å². The molecule has 0 aliphatic rings. The number of alkyl halides is 6. The van der Waals surface area contributed by atoms with E-state index < -0.39 is 23.5 Å².